The molecule has 4 nitrogen and oxygen atoms in total. The van der Waals surface area contributed by atoms with E-state index in [1.165, 1.54) is 30.0 Å². The van der Waals surface area contributed by atoms with E-state index in [1.807, 2.05) is 0 Å². The van der Waals surface area contributed by atoms with E-state index in [0.717, 1.165) is 12.1 Å². The minimum atomic E-state index is -1.07. The topological polar surface area (TPSA) is 57.6 Å². The molecule has 0 saturated carbocycles. The van der Waals surface area contributed by atoms with Gasteiger partial charge in [0.25, 0.3) is 0 Å². The number of carboxylic acid groups (broad SMARTS) is 1. The number of halogens is 2. The fraction of sp³-hybridized carbons (Fsp3) is 0.333. The van der Waals surface area contributed by atoms with Crippen molar-refractivity contribution < 1.29 is 23.5 Å². The summed E-state index contributed by atoms with van der Waals surface area (Å²) in [5.74, 6) is -2.73. The summed E-state index contributed by atoms with van der Waals surface area (Å²) in [6.45, 7) is 4.98. The average molecular weight is 335 g/mol. The summed E-state index contributed by atoms with van der Waals surface area (Å²) >= 11 is 0. The molecule has 2 rings (SSSR count). The maximum atomic E-state index is 14.1. The predicted octanol–water partition coefficient (Wildman–Crippen LogP) is 3.60. The second-order valence-corrected chi connectivity index (χ2v) is 5.77. The van der Waals surface area contributed by atoms with Gasteiger partial charge in [0, 0.05) is 23.6 Å². The third-order valence-electron chi connectivity index (χ3n) is 4.14. The van der Waals surface area contributed by atoms with Crippen molar-refractivity contribution in [3.8, 4) is 0 Å². The number of rotatable bonds is 5. The minimum Gasteiger partial charge on any atom is -0.478 e. The lowest BCUT2D eigenvalue weighted by Gasteiger charge is -2.29. The van der Waals surface area contributed by atoms with Crippen LogP contribution in [0.1, 0.15) is 37.8 Å². The van der Waals surface area contributed by atoms with Gasteiger partial charge in [-0.25, -0.2) is 13.6 Å². The number of carbonyl (C=O) groups excluding carboxylic acids is 1. The van der Waals surface area contributed by atoms with Crippen LogP contribution in [0.3, 0.4) is 0 Å². The molecule has 0 unspecified atom stereocenters. The lowest BCUT2D eigenvalue weighted by atomic mass is 10.0. The van der Waals surface area contributed by atoms with E-state index in [-0.39, 0.29) is 23.5 Å². The van der Waals surface area contributed by atoms with E-state index in [9.17, 15) is 18.4 Å². The number of amides is 1. The first-order chi connectivity index (χ1) is 11.3. The zero-order valence-electron chi connectivity index (χ0n) is 13.3. The van der Waals surface area contributed by atoms with Gasteiger partial charge in [0.1, 0.15) is 11.6 Å². The van der Waals surface area contributed by atoms with E-state index in [1.54, 1.807) is 0 Å². The first kappa shape index (κ1) is 17.8. The first-order valence-electron chi connectivity index (χ1n) is 7.64. The molecular formula is C18H19F2NO3. The van der Waals surface area contributed by atoms with Gasteiger partial charge in [-0.15, -0.1) is 6.58 Å². The monoisotopic (exact) mass is 335 g/mol. The molecule has 1 saturated heterocycles. The van der Waals surface area contributed by atoms with Gasteiger partial charge in [-0.3, -0.25) is 4.79 Å². The van der Waals surface area contributed by atoms with Gasteiger partial charge in [-0.1, -0.05) is 18.2 Å². The largest absolute Gasteiger partial charge is 0.478 e. The Hall–Kier alpha value is -2.50. The SMILES string of the molecule is C=CCC(=O)N1[C@@H](C=C(C)C(=O)O)CC[C@H]1c1ccc(F)cc1F. The van der Waals surface area contributed by atoms with Crippen molar-refractivity contribution >= 4 is 11.9 Å². The fourth-order valence-electron chi connectivity index (χ4n) is 3.03. The molecule has 0 spiro atoms. The van der Waals surface area contributed by atoms with Crippen molar-refractivity contribution in [3.63, 3.8) is 0 Å². The minimum absolute atomic E-state index is 0.0653. The summed E-state index contributed by atoms with van der Waals surface area (Å²) in [7, 11) is 0. The molecule has 1 aliphatic rings. The third-order valence-corrected chi connectivity index (χ3v) is 4.14. The third kappa shape index (κ3) is 3.69. The summed E-state index contributed by atoms with van der Waals surface area (Å²) in [5.41, 5.74) is 0.356. The van der Waals surface area contributed by atoms with Crippen LogP contribution in [0.2, 0.25) is 0 Å². The lowest BCUT2D eigenvalue weighted by Crippen LogP contribution is -2.36. The zero-order valence-corrected chi connectivity index (χ0v) is 13.3. The predicted molar refractivity (Wildman–Crippen MR) is 85.2 cm³/mol. The van der Waals surface area contributed by atoms with Gasteiger partial charge < -0.3 is 10.0 Å². The smallest absolute Gasteiger partial charge is 0.331 e. The number of carboxylic acids is 1. The fourth-order valence-corrected chi connectivity index (χ4v) is 3.03. The number of aliphatic carboxylic acids is 1. The number of carbonyl (C=O) groups is 2. The molecule has 1 aliphatic heterocycles. The Morgan fingerprint density at radius 1 is 1.38 bits per heavy atom. The molecule has 1 aromatic carbocycles. The number of hydrogen-bond acceptors (Lipinski definition) is 2. The molecule has 6 heteroatoms. The Kier molecular flexibility index (Phi) is 5.49. The van der Waals surface area contributed by atoms with Crippen LogP contribution in [0, 0.1) is 11.6 Å². The summed E-state index contributed by atoms with van der Waals surface area (Å²) in [6, 6.07) is 2.28. The molecule has 0 aromatic heterocycles. The Morgan fingerprint density at radius 3 is 2.67 bits per heavy atom. The first-order valence-corrected chi connectivity index (χ1v) is 7.64. The van der Waals surface area contributed by atoms with Crippen molar-refractivity contribution in [2.75, 3.05) is 0 Å². The Labute approximate surface area is 139 Å². The highest BCUT2D eigenvalue weighted by Crippen LogP contribution is 2.38. The summed E-state index contributed by atoms with van der Waals surface area (Å²) in [5, 5.41) is 9.04. The number of nitrogens with zero attached hydrogens (tertiary/aromatic N) is 1. The molecule has 1 fully saturated rings. The maximum Gasteiger partial charge on any atom is 0.331 e. The summed E-state index contributed by atoms with van der Waals surface area (Å²) < 4.78 is 27.3. The van der Waals surface area contributed by atoms with Gasteiger partial charge in [-0.05, 0) is 25.8 Å². The molecule has 128 valence electrons. The molecule has 1 N–H and O–H groups in total. The van der Waals surface area contributed by atoms with Crippen LogP contribution in [-0.2, 0) is 9.59 Å². The maximum absolute atomic E-state index is 14.1. The van der Waals surface area contributed by atoms with Crippen LogP contribution < -0.4 is 0 Å². The van der Waals surface area contributed by atoms with Gasteiger partial charge in [0.15, 0.2) is 0 Å². The van der Waals surface area contributed by atoms with E-state index >= 15 is 0 Å². The van der Waals surface area contributed by atoms with E-state index in [0.29, 0.717) is 12.8 Å². The Morgan fingerprint density at radius 2 is 2.08 bits per heavy atom. The standard InChI is InChI=1S/C18H19F2NO3/c1-3-4-17(22)21-13(9-11(2)18(23)24)6-8-16(21)14-7-5-12(19)10-15(14)20/h3,5,7,9-10,13,16H,1,4,6,8H2,2H3,(H,23,24)/t13-,16+/m1/s1. The van der Waals surface area contributed by atoms with Gasteiger partial charge in [0.05, 0.1) is 12.1 Å². The molecule has 0 radical (unpaired) electrons. The highest BCUT2D eigenvalue weighted by molar-refractivity contribution is 5.86. The van der Waals surface area contributed by atoms with E-state index in [2.05, 4.69) is 6.58 Å². The second kappa shape index (κ2) is 7.38. The second-order valence-electron chi connectivity index (χ2n) is 5.77. The molecule has 0 bridgehead atoms. The highest BCUT2D eigenvalue weighted by atomic mass is 19.1. The number of benzene rings is 1. The Bertz CT molecular complexity index is 700. The van der Waals surface area contributed by atoms with Crippen LogP contribution in [0.5, 0.6) is 0 Å². The van der Waals surface area contributed by atoms with Crippen molar-refractivity contribution in [1.29, 1.82) is 0 Å². The van der Waals surface area contributed by atoms with Crippen LogP contribution in [0.4, 0.5) is 8.78 Å². The zero-order chi connectivity index (χ0) is 17.9. The summed E-state index contributed by atoms with van der Waals surface area (Å²) in [4.78, 5) is 25.0. The number of hydrogen-bond donors (Lipinski definition) is 1. The molecule has 1 heterocycles. The lowest BCUT2D eigenvalue weighted by molar-refractivity contribution is -0.134. The Balaban J connectivity index is 2.40. The molecule has 1 aromatic rings. The number of likely N-dealkylation sites (tertiary alicyclic amines) is 1. The van der Waals surface area contributed by atoms with Crippen molar-refractivity contribution in [1.82, 2.24) is 4.90 Å². The average Bonchev–Trinajstić information content (AvgIpc) is 2.90. The van der Waals surface area contributed by atoms with Crippen LogP contribution in [-0.4, -0.2) is 27.9 Å². The van der Waals surface area contributed by atoms with Crippen LogP contribution >= 0.6 is 0 Å². The van der Waals surface area contributed by atoms with Crippen molar-refractivity contribution in [2.45, 2.75) is 38.3 Å². The molecule has 1 amide bonds. The normalized spacial score (nSPS) is 21.0. The summed E-state index contributed by atoms with van der Waals surface area (Å²) in [6.07, 6.45) is 4.00. The molecule has 0 aliphatic carbocycles. The van der Waals surface area contributed by atoms with Crippen molar-refractivity contribution in [2.24, 2.45) is 0 Å². The van der Waals surface area contributed by atoms with E-state index in [4.69, 9.17) is 5.11 Å². The van der Waals surface area contributed by atoms with Crippen molar-refractivity contribution in [3.05, 3.63) is 59.7 Å². The van der Waals surface area contributed by atoms with E-state index < -0.39 is 29.7 Å². The van der Waals surface area contributed by atoms with Gasteiger partial charge in [-0.2, -0.15) is 0 Å². The molecule has 24 heavy (non-hydrogen) atoms. The van der Waals surface area contributed by atoms with Gasteiger partial charge in [0.2, 0.25) is 5.91 Å². The highest BCUT2D eigenvalue weighted by Gasteiger charge is 2.37. The van der Waals surface area contributed by atoms with Crippen LogP contribution in [0.25, 0.3) is 0 Å². The molecular weight excluding hydrogens is 316 g/mol. The molecule has 2 atom stereocenters. The quantitative estimate of drug-likeness (QED) is 0.661. The van der Waals surface area contributed by atoms with Crippen LogP contribution in [0.15, 0.2) is 42.5 Å². The van der Waals surface area contributed by atoms with Gasteiger partial charge >= 0.3 is 5.97 Å².